The van der Waals surface area contributed by atoms with Crippen molar-refractivity contribution in [2.45, 2.75) is 25.8 Å². The number of anilines is 3. The Kier molecular flexibility index (Phi) is 6.00. The number of hydrogen-bond donors (Lipinski definition) is 2. The van der Waals surface area contributed by atoms with Crippen LogP contribution < -0.4 is 15.5 Å². The lowest BCUT2D eigenvalue weighted by molar-refractivity contribution is 0.0950. The van der Waals surface area contributed by atoms with Gasteiger partial charge in [-0.2, -0.15) is 0 Å². The van der Waals surface area contributed by atoms with E-state index in [0.717, 1.165) is 24.5 Å². The summed E-state index contributed by atoms with van der Waals surface area (Å²) in [4.78, 5) is 23.3. The number of benzene rings is 1. The van der Waals surface area contributed by atoms with Crippen LogP contribution in [-0.4, -0.2) is 29.0 Å². The molecule has 3 heterocycles. The van der Waals surface area contributed by atoms with E-state index in [1.54, 1.807) is 18.5 Å². The van der Waals surface area contributed by atoms with Crippen LogP contribution >= 0.6 is 0 Å². The van der Waals surface area contributed by atoms with E-state index in [4.69, 9.17) is 0 Å². The van der Waals surface area contributed by atoms with Crippen LogP contribution in [0.1, 0.15) is 35.3 Å². The third-order valence-corrected chi connectivity index (χ3v) is 5.04. The molecule has 1 amide bonds. The summed E-state index contributed by atoms with van der Waals surface area (Å²) in [6.07, 6.45) is 7.16. The largest absolute Gasteiger partial charge is 0.372 e. The van der Waals surface area contributed by atoms with Crippen molar-refractivity contribution in [3.63, 3.8) is 0 Å². The van der Waals surface area contributed by atoms with Crippen LogP contribution in [-0.2, 0) is 6.54 Å². The third-order valence-electron chi connectivity index (χ3n) is 5.04. The van der Waals surface area contributed by atoms with E-state index in [-0.39, 0.29) is 5.91 Å². The van der Waals surface area contributed by atoms with Crippen molar-refractivity contribution < 1.29 is 4.79 Å². The van der Waals surface area contributed by atoms with Crippen LogP contribution in [0.25, 0.3) is 0 Å². The Bertz CT molecular complexity index is 920. The monoisotopic (exact) mass is 387 g/mol. The van der Waals surface area contributed by atoms with Crippen molar-refractivity contribution >= 4 is 23.1 Å². The van der Waals surface area contributed by atoms with Crippen LogP contribution in [0.5, 0.6) is 0 Å². The maximum absolute atomic E-state index is 12.3. The number of amides is 1. The molecular formula is C23H25N5O. The van der Waals surface area contributed by atoms with Crippen LogP contribution in [0.15, 0.2) is 67.0 Å². The molecule has 2 aromatic heterocycles. The zero-order valence-corrected chi connectivity index (χ0v) is 16.3. The van der Waals surface area contributed by atoms with Gasteiger partial charge in [0.15, 0.2) is 0 Å². The van der Waals surface area contributed by atoms with Gasteiger partial charge in [-0.1, -0.05) is 6.07 Å². The van der Waals surface area contributed by atoms with Crippen molar-refractivity contribution in [1.29, 1.82) is 0 Å². The molecule has 4 rings (SSSR count). The summed E-state index contributed by atoms with van der Waals surface area (Å²) < 4.78 is 0. The minimum Gasteiger partial charge on any atom is -0.372 e. The number of rotatable bonds is 6. The van der Waals surface area contributed by atoms with Gasteiger partial charge in [0, 0.05) is 36.9 Å². The molecule has 3 aromatic rings. The lowest BCUT2D eigenvalue weighted by Crippen LogP contribution is -2.29. The highest BCUT2D eigenvalue weighted by Crippen LogP contribution is 2.23. The molecule has 0 spiro atoms. The van der Waals surface area contributed by atoms with E-state index < -0.39 is 0 Å². The fourth-order valence-electron chi connectivity index (χ4n) is 3.43. The number of aromatic nitrogens is 2. The highest BCUT2D eigenvalue weighted by atomic mass is 16.1. The number of hydrogen-bond acceptors (Lipinski definition) is 5. The van der Waals surface area contributed by atoms with E-state index >= 15 is 0 Å². The van der Waals surface area contributed by atoms with Gasteiger partial charge >= 0.3 is 0 Å². The predicted octanol–water partition coefficient (Wildman–Crippen LogP) is 4.14. The minimum atomic E-state index is -0.166. The Hall–Kier alpha value is -3.41. The molecule has 1 aliphatic heterocycles. The quantitative estimate of drug-likeness (QED) is 0.665. The van der Waals surface area contributed by atoms with Gasteiger partial charge in [0.25, 0.3) is 5.91 Å². The van der Waals surface area contributed by atoms with Gasteiger partial charge in [0.05, 0.1) is 17.8 Å². The number of nitrogens with one attached hydrogen (secondary N) is 2. The molecule has 0 aliphatic carbocycles. The molecular weight excluding hydrogens is 362 g/mol. The molecule has 1 aliphatic rings. The van der Waals surface area contributed by atoms with Crippen molar-refractivity contribution in [1.82, 2.24) is 15.3 Å². The normalized spacial score (nSPS) is 13.7. The van der Waals surface area contributed by atoms with Gasteiger partial charge in [-0.05, 0) is 67.8 Å². The van der Waals surface area contributed by atoms with Gasteiger partial charge in [0.1, 0.15) is 5.82 Å². The first-order valence-electron chi connectivity index (χ1n) is 10.0. The Morgan fingerprint density at radius 3 is 2.45 bits per heavy atom. The number of carbonyl (C=O) groups excluding carboxylic acids is 1. The zero-order chi connectivity index (χ0) is 19.9. The lowest BCUT2D eigenvalue weighted by Gasteiger charge is -2.28. The number of pyridine rings is 2. The second-order valence-corrected chi connectivity index (χ2v) is 7.16. The SMILES string of the molecule is O=C(NCc1ccccn1)c1ccc(Nc2ccc(N3CCCCC3)cc2)nc1. The number of piperidine rings is 1. The fraction of sp³-hybridized carbons (Fsp3) is 0.261. The molecule has 1 fully saturated rings. The lowest BCUT2D eigenvalue weighted by atomic mass is 10.1. The molecule has 1 saturated heterocycles. The van der Waals surface area contributed by atoms with Crippen LogP contribution in [0.2, 0.25) is 0 Å². The summed E-state index contributed by atoms with van der Waals surface area (Å²) in [5, 5.41) is 6.14. The second-order valence-electron chi connectivity index (χ2n) is 7.16. The van der Waals surface area contributed by atoms with E-state index in [1.165, 1.54) is 24.9 Å². The topological polar surface area (TPSA) is 70.2 Å². The van der Waals surface area contributed by atoms with Crippen LogP contribution in [0, 0.1) is 0 Å². The van der Waals surface area contributed by atoms with Crippen molar-refractivity contribution in [2.75, 3.05) is 23.3 Å². The van der Waals surface area contributed by atoms with Gasteiger partial charge < -0.3 is 15.5 Å². The zero-order valence-electron chi connectivity index (χ0n) is 16.3. The summed E-state index contributed by atoms with van der Waals surface area (Å²) in [5.74, 6) is 0.539. The highest BCUT2D eigenvalue weighted by molar-refractivity contribution is 5.94. The fourth-order valence-corrected chi connectivity index (χ4v) is 3.43. The molecule has 0 atom stereocenters. The Morgan fingerprint density at radius 2 is 1.76 bits per heavy atom. The molecule has 0 bridgehead atoms. The van der Waals surface area contributed by atoms with Gasteiger partial charge in [0.2, 0.25) is 0 Å². The molecule has 6 heteroatoms. The summed E-state index contributed by atoms with van der Waals surface area (Å²) in [6, 6.07) is 17.6. The Balaban J connectivity index is 1.32. The summed E-state index contributed by atoms with van der Waals surface area (Å²) in [7, 11) is 0. The highest BCUT2D eigenvalue weighted by Gasteiger charge is 2.11. The van der Waals surface area contributed by atoms with Crippen molar-refractivity contribution in [2.24, 2.45) is 0 Å². The molecule has 148 valence electrons. The number of carbonyl (C=O) groups is 1. The number of nitrogens with zero attached hydrogens (tertiary/aromatic N) is 3. The van der Waals surface area contributed by atoms with E-state index in [1.807, 2.05) is 24.3 Å². The average Bonchev–Trinajstić information content (AvgIpc) is 2.80. The Labute approximate surface area is 171 Å². The molecule has 0 radical (unpaired) electrons. The maximum atomic E-state index is 12.3. The molecule has 0 saturated carbocycles. The third kappa shape index (κ3) is 5.10. The summed E-state index contributed by atoms with van der Waals surface area (Å²) in [6.45, 7) is 2.67. The van der Waals surface area contributed by atoms with Gasteiger partial charge in [-0.25, -0.2) is 4.98 Å². The molecule has 0 unspecified atom stereocenters. The molecule has 1 aromatic carbocycles. The molecule has 6 nitrogen and oxygen atoms in total. The first kappa shape index (κ1) is 18.9. The summed E-state index contributed by atoms with van der Waals surface area (Å²) >= 11 is 0. The Morgan fingerprint density at radius 1 is 0.931 bits per heavy atom. The van der Waals surface area contributed by atoms with Crippen LogP contribution in [0.3, 0.4) is 0 Å². The minimum absolute atomic E-state index is 0.166. The first-order valence-corrected chi connectivity index (χ1v) is 10.0. The standard InChI is InChI=1S/C23H25N5O/c29-23(26-17-20-6-2-3-13-24-20)18-7-12-22(25-16-18)27-19-8-10-21(11-9-19)28-14-4-1-5-15-28/h2-3,6-13,16H,1,4-5,14-15,17H2,(H,25,27)(H,26,29). The van der Waals surface area contributed by atoms with Gasteiger partial charge in [-0.15, -0.1) is 0 Å². The van der Waals surface area contributed by atoms with Gasteiger partial charge in [-0.3, -0.25) is 9.78 Å². The molecule has 2 N–H and O–H groups in total. The van der Waals surface area contributed by atoms with E-state index in [0.29, 0.717) is 17.9 Å². The second kappa shape index (κ2) is 9.19. The first-order chi connectivity index (χ1) is 14.3. The van der Waals surface area contributed by atoms with Crippen molar-refractivity contribution in [3.05, 3.63) is 78.2 Å². The van der Waals surface area contributed by atoms with Crippen molar-refractivity contribution in [3.8, 4) is 0 Å². The molecule has 29 heavy (non-hydrogen) atoms. The van der Waals surface area contributed by atoms with E-state index in [2.05, 4.69) is 49.8 Å². The van der Waals surface area contributed by atoms with E-state index in [9.17, 15) is 4.79 Å². The average molecular weight is 387 g/mol. The predicted molar refractivity (Wildman–Crippen MR) is 115 cm³/mol. The summed E-state index contributed by atoms with van der Waals surface area (Å²) in [5.41, 5.74) is 3.58. The van der Waals surface area contributed by atoms with Crippen LogP contribution in [0.4, 0.5) is 17.2 Å². The smallest absolute Gasteiger partial charge is 0.253 e. The maximum Gasteiger partial charge on any atom is 0.253 e.